The highest BCUT2D eigenvalue weighted by atomic mass is 16.2. The molecular weight excluding hydrogens is 326 g/mol. The number of aromatic amines is 1. The zero-order valence-electron chi connectivity index (χ0n) is 14.5. The molecular formula is C21H19N3O2. The van der Waals surface area contributed by atoms with Crippen LogP contribution in [0.4, 0.5) is 0 Å². The molecule has 0 saturated carbocycles. The quantitative estimate of drug-likeness (QED) is 0.742. The summed E-state index contributed by atoms with van der Waals surface area (Å²) in [7, 11) is 0. The van der Waals surface area contributed by atoms with E-state index < -0.39 is 0 Å². The molecule has 0 unspecified atom stereocenters. The molecule has 5 heteroatoms. The van der Waals surface area contributed by atoms with Gasteiger partial charge in [-0.15, -0.1) is 0 Å². The van der Waals surface area contributed by atoms with Gasteiger partial charge in [-0.25, -0.2) is 0 Å². The lowest BCUT2D eigenvalue weighted by atomic mass is 9.96. The first-order chi connectivity index (χ1) is 12.6. The summed E-state index contributed by atoms with van der Waals surface area (Å²) in [6, 6.07) is 14.5. The molecule has 0 saturated heterocycles. The van der Waals surface area contributed by atoms with E-state index in [9.17, 15) is 9.59 Å². The molecule has 1 aromatic heterocycles. The third-order valence-corrected chi connectivity index (χ3v) is 4.80. The summed E-state index contributed by atoms with van der Waals surface area (Å²) in [5.74, 6) is -0.247. The molecule has 0 atom stereocenters. The first-order valence-electron chi connectivity index (χ1n) is 8.64. The number of carbonyl (C=O) groups is 2. The summed E-state index contributed by atoms with van der Waals surface area (Å²) < 4.78 is 0. The molecule has 0 radical (unpaired) electrons. The molecule has 26 heavy (non-hydrogen) atoms. The Morgan fingerprint density at radius 1 is 1.04 bits per heavy atom. The number of nitrogens with zero attached hydrogens (tertiary/aromatic N) is 2. The van der Waals surface area contributed by atoms with Crippen molar-refractivity contribution in [1.29, 1.82) is 0 Å². The zero-order chi connectivity index (χ0) is 18.1. The lowest BCUT2D eigenvalue weighted by Crippen LogP contribution is -2.36. The van der Waals surface area contributed by atoms with Crippen molar-refractivity contribution in [3.05, 3.63) is 88.2 Å². The Bertz CT molecular complexity index is 973. The summed E-state index contributed by atoms with van der Waals surface area (Å²) in [5, 5.41) is 7.02. The van der Waals surface area contributed by atoms with Gasteiger partial charge in [0.1, 0.15) is 0 Å². The van der Waals surface area contributed by atoms with E-state index in [4.69, 9.17) is 0 Å². The Morgan fingerprint density at radius 2 is 1.77 bits per heavy atom. The van der Waals surface area contributed by atoms with Crippen LogP contribution in [0.3, 0.4) is 0 Å². The maximum atomic E-state index is 13.1. The van der Waals surface area contributed by atoms with Gasteiger partial charge in [-0.3, -0.25) is 14.7 Å². The molecule has 5 nitrogen and oxygen atoms in total. The number of aryl methyl sites for hydroxylation is 1. The van der Waals surface area contributed by atoms with Gasteiger partial charge in [0.05, 0.1) is 11.8 Å². The molecule has 2 heterocycles. The first kappa shape index (κ1) is 16.3. The summed E-state index contributed by atoms with van der Waals surface area (Å²) >= 11 is 0. The van der Waals surface area contributed by atoms with E-state index in [0.29, 0.717) is 29.8 Å². The van der Waals surface area contributed by atoms with Crippen molar-refractivity contribution in [1.82, 2.24) is 15.1 Å². The zero-order valence-corrected chi connectivity index (χ0v) is 14.5. The van der Waals surface area contributed by atoms with Crippen LogP contribution < -0.4 is 0 Å². The fourth-order valence-electron chi connectivity index (χ4n) is 3.29. The number of ketones is 1. The predicted octanol–water partition coefficient (Wildman–Crippen LogP) is 3.15. The van der Waals surface area contributed by atoms with E-state index in [1.165, 1.54) is 0 Å². The van der Waals surface area contributed by atoms with Gasteiger partial charge in [-0.1, -0.05) is 48.0 Å². The number of benzene rings is 2. The predicted molar refractivity (Wildman–Crippen MR) is 98.1 cm³/mol. The Morgan fingerprint density at radius 3 is 2.54 bits per heavy atom. The molecule has 0 aliphatic carbocycles. The van der Waals surface area contributed by atoms with Gasteiger partial charge in [-0.05, 0) is 13.0 Å². The van der Waals surface area contributed by atoms with Crippen molar-refractivity contribution < 1.29 is 9.59 Å². The standard InChI is InChI=1S/C21H19N3O2/c1-14-6-8-15(9-7-14)20(25)17-4-2-3-5-18(17)21(26)24-11-10-19-16(13-24)12-22-23-19/h2-9,12H,10-11,13H2,1H3,(H,22,23). The van der Waals surface area contributed by atoms with Crippen molar-refractivity contribution in [2.24, 2.45) is 0 Å². The van der Waals surface area contributed by atoms with Gasteiger partial charge in [0.2, 0.25) is 0 Å². The lowest BCUT2D eigenvalue weighted by Gasteiger charge is -2.27. The summed E-state index contributed by atoms with van der Waals surface area (Å²) in [5.41, 5.74) is 4.69. The number of amides is 1. The second-order valence-electron chi connectivity index (χ2n) is 6.59. The summed E-state index contributed by atoms with van der Waals surface area (Å²) in [4.78, 5) is 27.8. The molecule has 0 bridgehead atoms. The number of nitrogens with one attached hydrogen (secondary N) is 1. The van der Waals surface area contributed by atoms with Gasteiger partial charge in [-0.2, -0.15) is 5.10 Å². The molecule has 130 valence electrons. The minimum absolute atomic E-state index is 0.118. The molecule has 1 amide bonds. The Kier molecular flexibility index (Phi) is 4.13. The van der Waals surface area contributed by atoms with Crippen LogP contribution in [-0.2, 0) is 13.0 Å². The topological polar surface area (TPSA) is 66.1 Å². The van der Waals surface area contributed by atoms with Crippen LogP contribution in [0.1, 0.15) is 43.1 Å². The van der Waals surface area contributed by atoms with Crippen LogP contribution in [0, 0.1) is 6.92 Å². The number of fused-ring (bicyclic) bond motifs is 1. The first-order valence-corrected chi connectivity index (χ1v) is 8.64. The minimum Gasteiger partial charge on any atom is -0.334 e. The van der Waals surface area contributed by atoms with Crippen molar-refractivity contribution in [2.45, 2.75) is 19.9 Å². The number of carbonyl (C=O) groups excluding carboxylic acids is 2. The van der Waals surface area contributed by atoms with E-state index in [0.717, 1.165) is 23.2 Å². The smallest absolute Gasteiger partial charge is 0.254 e. The Hall–Kier alpha value is -3.21. The van der Waals surface area contributed by atoms with E-state index in [2.05, 4.69) is 10.2 Å². The Balaban J connectivity index is 1.64. The van der Waals surface area contributed by atoms with E-state index in [-0.39, 0.29) is 11.7 Å². The minimum atomic E-state index is -0.130. The SMILES string of the molecule is Cc1ccc(C(=O)c2ccccc2C(=O)N2CCc3[nH]ncc3C2)cc1. The molecule has 2 aromatic carbocycles. The second-order valence-corrected chi connectivity index (χ2v) is 6.59. The molecule has 3 aromatic rings. The van der Waals surface area contributed by atoms with Crippen LogP contribution in [-0.4, -0.2) is 33.3 Å². The average Bonchev–Trinajstić information content (AvgIpc) is 3.15. The van der Waals surface area contributed by atoms with E-state index >= 15 is 0 Å². The van der Waals surface area contributed by atoms with Crippen LogP contribution in [0.25, 0.3) is 0 Å². The maximum absolute atomic E-state index is 13.1. The van der Waals surface area contributed by atoms with E-state index in [1.54, 1.807) is 47.5 Å². The summed E-state index contributed by atoms with van der Waals surface area (Å²) in [6.07, 6.45) is 2.51. The Labute approximate surface area is 151 Å². The highest BCUT2D eigenvalue weighted by Gasteiger charge is 2.26. The number of hydrogen-bond donors (Lipinski definition) is 1. The largest absolute Gasteiger partial charge is 0.334 e. The third-order valence-electron chi connectivity index (χ3n) is 4.80. The fraction of sp³-hybridized carbons (Fsp3) is 0.190. The van der Waals surface area contributed by atoms with Crippen molar-refractivity contribution in [3.63, 3.8) is 0 Å². The molecule has 1 aliphatic heterocycles. The fourth-order valence-corrected chi connectivity index (χ4v) is 3.29. The highest BCUT2D eigenvalue weighted by Crippen LogP contribution is 2.21. The number of rotatable bonds is 3. The second kappa shape index (κ2) is 6.59. The van der Waals surface area contributed by atoms with Gasteiger partial charge < -0.3 is 4.90 Å². The van der Waals surface area contributed by atoms with Gasteiger partial charge >= 0.3 is 0 Å². The van der Waals surface area contributed by atoms with Gasteiger partial charge in [0, 0.05) is 41.9 Å². The summed E-state index contributed by atoms with van der Waals surface area (Å²) in [6.45, 7) is 3.10. The highest BCUT2D eigenvalue weighted by molar-refractivity contribution is 6.15. The number of hydrogen-bond acceptors (Lipinski definition) is 3. The van der Waals surface area contributed by atoms with E-state index in [1.807, 2.05) is 19.1 Å². The monoisotopic (exact) mass is 345 g/mol. The normalized spacial score (nSPS) is 13.3. The average molecular weight is 345 g/mol. The molecule has 0 spiro atoms. The van der Waals surface area contributed by atoms with Crippen LogP contribution in [0.15, 0.2) is 54.7 Å². The lowest BCUT2D eigenvalue weighted by molar-refractivity contribution is 0.0730. The molecule has 1 aliphatic rings. The number of aromatic nitrogens is 2. The van der Waals surface area contributed by atoms with Crippen LogP contribution in [0.2, 0.25) is 0 Å². The van der Waals surface area contributed by atoms with Gasteiger partial charge in [0.25, 0.3) is 5.91 Å². The van der Waals surface area contributed by atoms with Crippen molar-refractivity contribution in [3.8, 4) is 0 Å². The third kappa shape index (κ3) is 2.92. The molecule has 0 fully saturated rings. The van der Waals surface area contributed by atoms with Crippen molar-refractivity contribution >= 4 is 11.7 Å². The number of H-pyrrole nitrogens is 1. The van der Waals surface area contributed by atoms with Crippen molar-refractivity contribution in [2.75, 3.05) is 6.54 Å². The molecule has 1 N–H and O–H groups in total. The van der Waals surface area contributed by atoms with Crippen LogP contribution in [0.5, 0.6) is 0 Å². The van der Waals surface area contributed by atoms with Gasteiger partial charge in [0.15, 0.2) is 5.78 Å². The maximum Gasteiger partial charge on any atom is 0.254 e. The van der Waals surface area contributed by atoms with Crippen LogP contribution >= 0.6 is 0 Å². The molecule has 4 rings (SSSR count).